The summed E-state index contributed by atoms with van der Waals surface area (Å²) in [6.45, 7) is 1.88. The monoisotopic (exact) mass is 184 g/mol. The van der Waals surface area contributed by atoms with Crippen molar-refractivity contribution >= 4 is 11.8 Å². The molecule has 1 rings (SSSR count). The molecule has 0 aliphatic carbocycles. The fourth-order valence-electron chi connectivity index (χ4n) is 1.48. The summed E-state index contributed by atoms with van der Waals surface area (Å²) in [6.07, 6.45) is 3.81. The highest BCUT2D eigenvalue weighted by molar-refractivity contribution is 5.79. The second kappa shape index (κ2) is 5.00. The highest BCUT2D eigenvalue weighted by Gasteiger charge is 2.13. The molecule has 0 aromatic rings. The molecule has 0 aromatic carbocycles. The SMILES string of the molecule is CC1CCCC(=O)CCCC(=O)O1. The maximum Gasteiger partial charge on any atom is 0.306 e. The van der Waals surface area contributed by atoms with E-state index in [1.807, 2.05) is 6.92 Å². The highest BCUT2D eigenvalue weighted by Crippen LogP contribution is 2.12. The van der Waals surface area contributed by atoms with Crippen molar-refractivity contribution in [2.75, 3.05) is 0 Å². The summed E-state index contributed by atoms with van der Waals surface area (Å²) in [7, 11) is 0. The van der Waals surface area contributed by atoms with E-state index in [1.54, 1.807) is 0 Å². The minimum absolute atomic E-state index is 0.0293. The van der Waals surface area contributed by atoms with Crippen molar-refractivity contribution in [3.63, 3.8) is 0 Å². The zero-order chi connectivity index (χ0) is 9.68. The Balaban J connectivity index is 2.41. The molecule has 1 heterocycles. The molecule has 1 aliphatic rings. The van der Waals surface area contributed by atoms with Crippen molar-refractivity contribution in [1.29, 1.82) is 0 Å². The quantitative estimate of drug-likeness (QED) is 0.539. The number of carbonyl (C=O) groups is 2. The van der Waals surface area contributed by atoms with E-state index in [0.717, 1.165) is 12.8 Å². The Morgan fingerprint density at radius 1 is 1.15 bits per heavy atom. The zero-order valence-electron chi connectivity index (χ0n) is 8.04. The van der Waals surface area contributed by atoms with Crippen LogP contribution >= 0.6 is 0 Å². The Morgan fingerprint density at radius 2 is 1.85 bits per heavy atom. The molecule has 0 N–H and O–H groups in total. The minimum atomic E-state index is -0.165. The van der Waals surface area contributed by atoms with Gasteiger partial charge in [0.15, 0.2) is 0 Å². The molecule has 1 aliphatic heterocycles. The summed E-state index contributed by atoms with van der Waals surface area (Å²) in [5.74, 6) is 0.115. The average Bonchev–Trinajstić information content (AvgIpc) is 2.03. The number of hydrogen-bond acceptors (Lipinski definition) is 3. The van der Waals surface area contributed by atoms with Gasteiger partial charge in [-0.05, 0) is 26.2 Å². The van der Waals surface area contributed by atoms with Gasteiger partial charge in [-0.25, -0.2) is 0 Å². The first kappa shape index (κ1) is 10.2. The second-order valence-electron chi connectivity index (χ2n) is 3.58. The number of ether oxygens (including phenoxy) is 1. The lowest BCUT2D eigenvalue weighted by Gasteiger charge is -2.14. The first-order valence-corrected chi connectivity index (χ1v) is 4.89. The van der Waals surface area contributed by atoms with Gasteiger partial charge in [0.05, 0.1) is 6.10 Å². The number of hydrogen-bond donors (Lipinski definition) is 0. The lowest BCUT2D eigenvalue weighted by Crippen LogP contribution is -2.17. The topological polar surface area (TPSA) is 43.4 Å². The molecule has 0 spiro atoms. The lowest BCUT2D eigenvalue weighted by atomic mass is 10.0. The van der Waals surface area contributed by atoms with Gasteiger partial charge in [0, 0.05) is 19.3 Å². The van der Waals surface area contributed by atoms with E-state index in [4.69, 9.17) is 4.74 Å². The van der Waals surface area contributed by atoms with Crippen LogP contribution in [0.15, 0.2) is 0 Å². The smallest absolute Gasteiger partial charge is 0.306 e. The van der Waals surface area contributed by atoms with Crippen molar-refractivity contribution in [3.8, 4) is 0 Å². The van der Waals surface area contributed by atoms with E-state index >= 15 is 0 Å². The van der Waals surface area contributed by atoms with Gasteiger partial charge in [0.2, 0.25) is 0 Å². The van der Waals surface area contributed by atoms with Crippen LogP contribution < -0.4 is 0 Å². The molecule has 13 heavy (non-hydrogen) atoms. The summed E-state index contributed by atoms with van der Waals surface area (Å²) >= 11 is 0. The molecule has 1 fully saturated rings. The predicted octanol–water partition coefficient (Wildman–Crippen LogP) is 1.84. The van der Waals surface area contributed by atoms with E-state index in [0.29, 0.717) is 25.7 Å². The number of rotatable bonds is 0. The third kappa shape index (κ3) is 4.06. The summed E-state index contributed by atoms with van der Waals surface area (Å²) in [5.41, 5.74) is 0. The van der Waals surface area contributed by atoms with E-state index in [9.17, 15) is 9.59 Å². The first-order chi connectivity index (χ1) is 6.18. The predicted molar refractivity (Wildman–Crippen MR) is 48.3 cm³/mol. The first-order valence-electron chi connectivity index (χ1n) is 4.89. The van der Waals surface area contributed by atoms with Crippen LogP contribution in [0.3, 0.4) is 0 Å². The van der Waals surface area contributed by atoms with Crippen LogP contribution in [0.25, 0.3) is 0 Å². The molecule has 1 saturated heterocycles. The molecule has 3 nitrogen and oxygen atoms in total. The standard InChI is InChI=1S/C10H16O3/c1-8-4-2-5-9(11)6-3-7-10(12)13-8/h8H,2-7H2,1H3. The summed E-state index contributed by atoms with van der Waals surface area (Å²) < 4.78 is 5.11. The summed E-state index contributed by atoms with van der Waals surface area (Å²) in [4.78, 5) is 22.2. The van der Waals surface area contributed by atoms with Crippen LogP contribution in [0.5, 0.6) is 0 Å². The van der Waals surface area contributed by atoms with E-state index in [1.165, 1.54) is 0 Å². The molecule has 0 bridgehead atoms. The van der Waals surface area contributed by atoms with Crippen molar-refractivity contribution in [1.82, 2.24) is 0 Å². The van der Waals surface area contributed by atoms with Crippen molar-refractivity contribution in [2.45, 2.75) is 51.6 Å². The number of carbonyl (C=O) groups excluding carboxylic acids is 2. The van der Waals surface area contributed by atoms with Gasteiger partial charge in [-0.15, -0.1) is 0 Å². The van der Waals surface area contributed by atoms with E-state index in [-0.39, 0.29) is 17.9 Å². The summed E-state index contributed by atoms with van der Waals surface area (Å²) in [5, 5.41) is 0. The molecular formula is C10H16O3. The molecule has 1 unspecified atom stereocenters. The molecular weight excluding hydrogens is 168 g/mol. The molecule has 3 heteroatoms. The van der Waals surface area contributed by atoms with Crippen LogP contribution in [-0.2, 0) is 14.3 Å². The second-order valence-corrected chi connectivity index (χ2v) is 3.58. The zero-order valence-corrected chi connectivity index (χ0v) is 8.04. The number of ketones is 1. The van der Waals surface area contributed by atoms with Gasteiger partial charge in [0.1, 0.15) is 5.78 Å². The number of esters is 1. The molecule has 0 amide bonds. The number of Topliss-reactive ketones (excluding diaryl/α,β-unsaturated/α-hetero) is 1. The Hall–Kier alpha value is -0.860. The van der Waals surface area contributed by atoms with Crippen LogP contribution in [0, 0.1) is 0 Å². The Kier molecular flexibility index (Phi) is 3.93. The average molecular weight is 184 g/mol. The van der Waals surface area contributed by atoms with Gasteiger partial charge in [-0.2, -0.15) is 0 Å². The maximum absolute atomic E-state index is 11.2. The fraction of sp³-hybridized carbons (Fsp3) is 0.800. The third-order valence-corrected chi connectivity index (χ3v) is 2.24. The van der Waals surface area contributed by atoms with Gasteiger partial charge < -0.3 is 4.74 Å². The van der Waals surface area contributed by atoms with Crippen LogP contribution in [0.1, 0.15) is 45.4 Å². The third-order valence-electron chi connectivity index (χ3n) is 2.24. The number of cyclic esters (lactones) is 1. The van der Waals surface area contributed by atoms with Crippen LogP contribution in [0.4, 0.5) is 0 Å². The van der Waals surface area contributed by atoms with Gasteiger partial charge in [-0.1, -0.05) is 0 Å². The van der Waals surface area contributed by atoms with Gasteiger partial charge in [0.25, 0.3) is 0 Å². The molecule has 0 radical (unpaired) electrons. The minimum Gasteiger partial charge on any atom is -0.463 e. The largest absolute Gasteiger partial charge is 0.463 e. The van der Waals surface area contributed by atoms with E-state index in [2.05, 4.69) is 0 Å². The Bertz CT molecular complexity index is 198. The molecule has 0 aromatic heterocycles. The van der Waals surface area contributed by atoms with Crippen molar-refractivity contribution < 1.29 is 14.3 Å². The molecule has 74 valence electrons. The fourth-order valence-corrected chi connectivity index (χ4v) is 1.48. The van der Waals surface area contributed by atoms with Crippen LogP contribution in [0.2, 0.25) is 0 Å². The van der Waals surface area contributed by atoms with Crippen molar-refractivity contribution in [3.05, 3.63) is 0 Å². The maximum atomic E-state index is 11.2. The molecule has 0 saturated carbocycles. The molecule has 1 atom stereocenters. The van der Waals surface area contributed by atoms with E-state index < -0.39 is 0 Å². The normalized spacial score (nSPS) is 26.7. The summed E-state index contributed by atoms with van der Waals surface area (Å²) in [6, 6.07) is 0. The highest BCUT2D eigenvalue weighted by atomic mass is 16.5. The van der Waals surface area contributed by atoms with Crippen molar-refractivity contribution in [2.24, 2.45) is 0 Å². The lowest BCUT2D eigenvalue weighted by molar-refractivity contribution is -0.148. The Labute approximate surface area is 78.5 Å². The van der Waals surface area contributed by atoms with Gasteiger partial charge >= 0.3 is 5.97 Å². The Morgan fingerprint density at radius 3 is 2.62 bits per heavy atom. The van der Waals surface area contributed by atoms with Crippen LogP contribution in [-0.4, -0.2) is 17.9 Å². The van der Waals surface area contributed by atoms with Gasteiger partial charge in [-0.3, -0.25) is 9.59 Å².